The second-order valence-electron chi connectivity index (χ2n) is 4.14. The van der Waals surface area contributed by atoms with Gasteiger partial charge in [-0.15, -0.1) is 5.10 Å². The number of aromatic nitrogens is 4. The molecule has 1 aromatic carbocycles. The number of hydrogen-bond acceptors (Lipinski definition) is 6. The molecule has 0 aliphatic heterocycles. The van der Waals surface area contributed by atoms with Crippen LogP contribution in [-0.4, -0.2) is 20.0 Å². The first-order valence-corrected chi connectivity index (χ1v) is 6.90. The zero-order valence-corrected chi connectivity index (χ0v) is 11.7. The SMILES string of the molecule is N#CSc1ccc(-n2nnc(-c3ccccn3)c2N)cc1. The number of anilines is 1. The van der Waals surface area contributed by atoms with Crippen molar-refractivity contribution in [2.45, 2.75) is 4.90 Å². The molecule has 3 rings (SSSR count). The van der Waals surface area contributed by atoms with Crippen LogP contribution in [0.4, 0.5) is 5.82 Å². The number of rotatable bonds is 3. The highest BCUT2D eigenvalue weighted by Gasteiger charge is 2.13. The second kappa shape index (κ2) is 5.64. The summed E-state index contributed by atoms with van der Waals surface area (Å²) in [6.07, 6.45) is 1.68. The van der Waals surface area contributed by atoms with E-state index in [1.54, 1.807) is 10.9 Å². The van der Waals surface area contributed by atoms with Crippen LogP contribution in [-0.2, 0) is 0 Å². The van der Waals surface area contributed by atoms with Gasteiger partial charge in [0.1, 0.15) is 5.40 Å². The van der Waals surface area contributed by atoms with E-state index in [2.05, 4.69) is 15.3 Å². The van der Waals surface area contributed by atoms with E-state index in [1.807, 2.05) is 47.9 Å². The maximum atomic E-state index is 8.64. The Balaban J connectivity index is 1.97. The maximum Gasteiger partial charge on any atom is 0.157 e. The molecule has 0 amide bonds. The average molecular weight is 294 g/mol. The fourth-order valence-electron chi connectivity index (χ4n) is 1.87. The minimum atomic E-state index is 0.425. The Hall–Kier alpha value is -2.85. The molecule has 3 aromatic rings. The van der Waals surface area contributed by atoms with E-state index in [0.717, 1.165) is 22.3 Å². The van der Waals surface area contributed by atoms with Crippen LogP contribution in [0.3, 0.4) is 0 Å². The third-order valence-corrected chi connectivity index (χ3v) is 3.46. The van der Waals surface area contributed by atoms with Gasteiger partial charge in [-0.25, -0.2) is 0 Å². The number of thioether (sulfide) groups is 1. The van der Waals surface area contributed by atoms with E-state index in [9.17, 15) is 0 Å². The summed E-state index contributed by atoms with van der Waals surface area (Å²) in [5, 5.41) is 18.8. The number of thiocyanates is 1. The normalized spacial score (nSPS) is 10.2. The summed E-state index contributed by atoms with van der Waals surface area (Å²) >= 11 is 1.10. The van der Waals surface area contributed by atoms with Gasteiger partial charge in [-0.05, 0) is 48.2 Å². The van der Waals surface area contributed by atoms with Gasteiger partial charge >= 0.3 is 0 Å². The third-order valence-electron chi connectivity index (χ3n) is 2.86. The highest BCUT2D eigenvalue weighted by atomic mass is 32.2. The predicted molar refractivity (Wildman–Crippen MR) is 80.5 cm³/mol. The van der Waals surface area contributed by atoms with Crippen molar-refractivity contribution in [2.24, 2.45) is 0 Å². The molecule has 21 heavy (non-hydrogen) atoms. The zero-order valence-electron chi connectivity index (χ0n) is 10.8. The fraction of sp³-hybridized carbons (Fsp3) is 0. The number of nitriles is 1. The molecule has 0 saturated carbocycles. The first kappa shape index (κ1) is 13.1. The van der Waals surface area contributed by atoms with Crippen molar-refractivity contribution in [3.05, 3.63) is 48.7 Å². The number of hydrogen-bond donors (Lipinski definition) is 1. The van der Waals surface area contributed by atoms with E-state index in [4.69, 9.17) is 11.0 Å². The summed E-state index contributed by atoms with van der Waals surface area (Å²) in [7, 11) is 0. The number of pyridine rings is 1. The van der Waals surface area contributed by atoms with Crippen LogP contribution < -0.4 is 5.73 Å². The fourth-order valence-corrected chi connectivity index (χ4v) is 2.25. The van der Waals surface area contributed by atoms with Crippen LogP contribution >= 0.6 is 11.8 Å². The van der Waals surface area contributed by atoms with Crippen LogP contribution in [0.2, 0.25) is 0 Å². The molecule has 0 unspecified atom stereocenters. The molecular weight excluding hydrogens is 284 g/mol. The lowest BCUT2D eigenvalue weighted by molar-refractivity contribution is 0.809. The van der Waals surface area contributed by atoms with Crippen molar-refractivity contribution < 1.29 is 0 Å². The quantitative estimate of drug-likeness (QED) is 0.589. The third kappa shape index (κ3) is 2.57. The molecule has 0 bridgehead atoms. The van der Waals surface area contributed by atoms with Crippen molar-refractivity contribution in [1.29, 1.82) is 5.26 Å². The Kier molecular flexibility index (Phi) is 3.53. The molecule has 2 aromatic heterocycles. The predicted octanol–water partition coefficient (Wildman–Crippen LogP) is 2.48. The highest BCUT2D eigenvalue weighted by Crippen LogP contribution is 2.24. The summed E-state index contributed by atoms with van der Waals surface area (Å²) in [4.78, 5) is 5.09. The van der Waals surface area contributed by atoms with Gasteiger partial charge in [-0.2, -0.15) is 9.94 Å². The molecule has 102 valence electrons. The minimum absolute atomic E-state index is 0.425. The molecule has 0 spiro atoms. The smallest absolute Gasteiger partial charge is 0.157 e. The molecule has 0 aliphatic carbocycles. The van der Waals surface area contributed by atoms with Gasteiger partial charge in [0.05, 0.1) is 11.4 Å². The number of nitrogen functional groups attached to an aromatic ring is 1. The van der Waals surface area contributed by atoms with Gasteiger partial charge in [0, 0.05) is 11.1 Å². The van der Waals surface area contributed by atoms with Gasteiger partial charge < -0.3 is 5.73 Å². The van der Waals surface area contributed by atoms with Crippen molar-refractivity contribution in [3.63, 3.8) is 0 Å². The minimum Gasteiger partial charge on any atom is -0.382 e. The van der Waals surface area contributed by atoms with Gasteiger partial charge in [-0.3, -0.25) is 4.98 Å². The van der Waals surface area contributed by atoms with Gasteiger partial charge in [0.25, 0.3) is 0 Å². The highest BCUT2D eigenvalue weighted by molar-refractivity contribution is 8.03. The Bertz CT molecular complexity index is 789. The first-order chi connectivity index (χ1) is 10.3. The summed E-state index contributed by atoms with van der Waals surface area (Å²) in [6, 6.07) is 12.9. The lowest BCUT2D eigenvalue weighted by Gasteiger charge is -2.03. The molecule has 0 atom stereocenters. The van der Waals surface area contributed by atoms with E-state index in [1.165, 1.54) is 0 Å². The van der Waals surface area contributed by atoms with Gasteiger partial charge in [0.2, 0.25) is 0 Å². The van der Waals surface area contributed by atoms with Crippen LogP contribution in [0.1, 0.15) is 0 Å². The molecule has 2 heterocycles. The topological polar surface area (TPSA) is 93.4 Å². The summed E-state index contributed by atoms with van der Waals surface area (Å²) in [5.41, 5.74) is 8.11. The largest absolute Gasteiger partial charge is 0.382 e. The Morgan fingerprint density at radius 1 is 1.14 bits per heavy atom. The molecule has 0 fully saturated rings. The van der Waals surface area contributed by atoms with Crippen LogP contribution in [0, 0.1) is 10.7 Å². The van der Waals surface area contributed by atoms with E-state index >= 15 is 0 Å². The lowest BCUT2D eigenvalue weighted by Crippen LogP contribution is -2.02. The number of benzene rings is 1. The Morgan fingerprint density at radius 2 is 1.95 bits per heavy atom. The van der Waals surface area contributed by atoms with Crippen molar-refractivity contribution >= 4 is 17.6 Å². The van der Waals surface area contributed by atoms with Crippen molar-refractivity contribution in [3.8, 4) is 22.5 Å². The molecule has 2 N–H and O–H groups in total. The summed E-state index contributed by atoms with van der Waals surface area (Å²) in [6.45, 7) is 0. The van der Waals surface area contributed by atoms with E-state index in [-0.39, 0.29) is 0 Å². The molecule has 0 radical (unpaired) electrons. The van der Waals surface area contributed by atoms with Crippen molar-refractivity contribution in [1.82, 2.24) is 20.0 Å². The van der Waals surface area contributed by atoms with Crippen LogP contribution in [0.15, 0.2) is 53.6 Å². The van der Waals surface area contributed by atoms with Crippen LogP contribution in [0.5, 0.6) is 0 Å². The van der Waals surface area contributed by atoms with Gasteiger partial charge in [-0.1, -0.05) is 11.3 Å². The van der Waals surface area contributed by atoms with E-state index in [0.29, 0.717) is 17.2 Å². The molecular formula is C14H10N6S. The molecule has 7 heteroatoms. The van der Waals surface area contributed by atoms with E-state index < -0.39 is 0 Å². The Labute approximate surface area is 125 Å². The maximum absolute atomic E-state index is 8.64. The first-order valence-electron chi connectivity index (χ1n) is 6.08. The zero-order chi connectivity index (χ0) is 14.7. The lowest BCUT2D eigenvalue weighted by atomic mass is 10.2. The van der Waals surface area contributed by atoms with Crippen LogP contribution in [0.25, 0.3) is 17.1 Å². The average Bonchev–Trinajstić information content (AvgIpc) is 2.91. The molecule has 6 nitrogen and oxygen atoms in total. The van der Waals surface area contributed by atoms with Gasteiger partial charge in [0.15, 0.2) is 11.5 Å². The number of nitrogens with two attached hydrogens (primary N) is 1. The monoisotopic (exact) mass is 294 g/mol. The summed E-state index contributed by atoms with van der Waals surface area (Å²) < 4.78 is 1.55. The van der Waals surface area contributed by atoms with Crippen molar-refractivity contribution in [2.75, 3.05) is 5.73 Å². The number of nitrogens with zero attached hydrogens (tertiary/aromatic N) is 5. The molecule has 0 aliphatic rings. The Morgan fingerprint density at radius 3 is 2.62 bits per heavy atom. The summed E-state index contributed by atoms with van der Waals surface area (Å²) in [5.74, 6) is 0.425. The molecule has 0 saturated heterocycles. The second-order valence-corrected chi connectivity index (χ2v) is 5.00. The standard InChI is InChI=1S/C14H10N6S/c15-9-21-11-6-4-10(5-7-11)20-14(16)13(18-19-20)12-3-1-2-8-17-12/h1-8H,16H2.